The van der Waals surface area contributed by atoms with Crippen LogP contribution in [0.1, 0.15) is 52.6 Å². The van der Waals surface area contributed by atoms with Crippen LogP contribution in [0.5, 0.6) is 0 Å². The van der Waals surface area contributed by atoms with Gasteiger partial charge in [-0.05, 0) is 51.3 Å². The van der Waals surface area contributed by atoms with Crippen LogP contribution in [0.2, 0.25) is 0 Å². The third-order valence-electron chi connectivity index (χ3n) is 5.24. The number of aromatic amines is 1. The fourth-order valence-electron chi connectivity index (χ4n) is 3.66. The number of H-pyrrole nitrogens is 1. The Morgan fingerprint density at radius 3 is 2.93 bits per heavy atom. The molecule has 1 aliphatic heterocycles. The fraction of sp³-hybridized carbons (Fsp3) is 0.350. The summed E-state index contributed by atoms with van der Waals surface area (Å²) in [6.07, 6.45) is 4.44. The van der Waals surface area contributed by atoms with E-state index in [9.17, 15) is 9.18 Å². The number of benzene rings is 1. The smallest absolute Gasteiger partial charge is 0.254 e. The van der Waals surface area contributed by atoms with Gasteiger partial charge in [0, 0.05) is 17.7 Å². The molecule has 6 nitrogen and oxygen atoms in total. The number of halogens is 1. The maximum Gasteiger partial charge on any atom is 0.254 e. The number of carbonyl (C=O) groups is 1. The molecule has 27 heavy (non-hydrogen) atoms. The summed E-state index contributed by atoms with van der Waals surface area (Å²) < 4.78 is 19.1. The molecule has 1 N–H and O–H groups in total. The second-order valence-corrected chi connectivity index (χ2v) is 6.94. The molecule has 0 spiro atoms. The van der Waals surface area contributed by atoms with Crippen molar-refractivity contribution in [2.24, 2.45) is 0 Å². The number of aromatic nitrogens is 3. The van der Waals surface area contributed by atoms with Crippen LogP contribution in [0.4, 0.5) is 4.39 Å². The molecular weight excluding hydrogens is 347 g/mol. The van der Waals surface area contributed by atoms with E-state index in [-0.39, 0.29) is 11.9 Å². The van der Waals surface area contributed by atoms with Gasteiger partial charge in [-0.25, -0.2) is 4.39 Å². The Kier molecular flexibility index (Phi) is 4.51. The van der Waals surface area contributed by atoms with Crippen molar-refractivity contribution in [2.45, 2.75) is 39.2 Å². The first kappa shape index (κ1) is 17.5. The minimum atomic E-state index is -0.413. The first-order chi connectivity index (χ1) is 13.1. The van der Waals surface area contributed by atoms with Gasteiger partial charge in [0.25, 0.3) is 5.91 Å². The first-order valence-electron chi connectivity index (χ1n) is 9.09. The standard InChI is InChI=1S/C20H21FN4O2/c1-12-13(2)24-27-19(12)16-11-22-23-18(16)17-8-3-4-9-25(17)20(26)14-6-5-7-15(21)10-14/h5-7,10-11,17H,3-4,8-9H2,1-2H3,(H,22,23). The van der Waals surface area contributed by atoms with Gasteiger partial charge in [0.2, 0.25) is 0 Å². The normalized spacial score (nSPS) is 17.3. The third-order valence-corrected chi connectivity index (χ3v) is 5.24. The van der Waals surface area contributed by atoms with E-state index in [1.54, 1.807) is 23.2 Å². The Morgan fingerprint density at radius 1 is 1.33 bits per heavy atom. The van der Waals surface area contributed by atoms with Crippen LogP contribution >= 0.6 is 0 Å². The van der Waals surface area contributed by atoms with Gasteiger partial charge < -0.3 is 9.42 Å². The predicted molar refractivity (Wildman–Crippen MR) is 97.6 cm³/mol. The first-order valence-corrected chi connectivity index (χ1v) is 9.09. The Morgan fingerprint density at radius 2 is 2.19 bits per heavy atom. The topological polar surface area (TPSA) is 75.0 Å². The Balaban J connectivity index is 1.71. The van der Waals surface area contributed by atoms with Crippen molar-refractivity contribution in [3.05, 3.63) is 58.8 Å². The number of nitrogens with zero attached hydrogens (tertiary/aromatic N) is 3. The van der Waals surface area contributed by atoms with E-state index in [1.807, 2.05) is 13.8 Å². The largest absolute Gasteiger partial charge is 0.356 e. The maximum atomic E-state index is 13.6. The van der Waals surface area contributed by atoms with E-state index in [0.29, 0.717) is 17.9 Å². The summed E-state index contributed by atoms with van der Waals surface area (Å²) in [6.45, 7) is 4.46. The number of likely N-dealkylation sites (tertiary alicyclic amines) is 1. The summed E-state index contributed by atoms with van der Waals surface area (Å²) in [5.74, 6) is 0.0783. The van der Waals surface area contributed by atoms with Crippen LogP contribution < -0.4 is 0 Å². The monoisotopic (exact) mass is 368 g/mol. The van der Waals surface area contributed by atoms with Crippen molar-refractivity contribution >= 4 is 5.91 Å². The number of hydrogen-bond acceptors (Lipinski definition) is 4. The Hall–Kier alpha value is -2.96. The van der Waals surface area contributed by atoms with E-state index in [1.165, 1.54) is 12.1 Å². The van der Waals surface area contributed by atoms with Gasteiger partial charge in [-0.1, -0.05) is 11.2 Å². The molecule has 1 atom stereocenters. The highest BCUT2D eigenvalue weighted by Gasteiger charge is 2.32. The molecular formula is C20H21FN4O2. The molecule has 1 saturated heterocycles. The summed E-state index contributed by atoms with van der Waals surface area (Å²) in [6, 6.07) is 5.66. The summed E-state index contributed by atoms with van der Waals surface area (Å²) in [5.41, 5.74) is 3.79. The third kappa shape index (κ3) is 3.13. The van der Waals surface area contributed by atoms with Crippen LogP contribution in [0, 0.1) is 19.7 Å². The highest BCUT2D eigenvalue weighted by Crippen LogP contribution is 2.37. The van der Waals surface area contributed by atoms with E-state index >= 15 is 0 Å². The molecule has 7 heteroatoms. The number of carbonyl (C=O) groups excluding carboxylic acids is 1. The van der Waals surface area contributed by atoms with Gasteiger partial charge in [-0.15, -0.1) is 0 Å². The van der Waals surface area contributed by atoms with Crippen LogP contribution in [0.15, 0.2) is 35.0 Å². The maximum absolute atomic E-state index is 13.6. The van der Waals surface area contributed by atoms with E-state index in [4.69, 9.17) is 4.52 Å². The quantitative estimate of drug-likeness (QED) is 0.752. The predicted octanol–water partition coefficient (Wildman–Crippen LogP) is 4.19. The number of piperidine rings is 1. The average Bonchev–Trinajstić information content (AvgIpc) is 3.28. The van der Waals surface area contributed by atoms with E-state index < -0.39 is 5.82 Å². The molecule has 0 saturated carbocycles. The van der Waals surface area contributed by atoms with Crippen molar-refractivity contribution in [1.29, 1.82) is 0 Å². The Bertz CT molecular complexity index is 978. The van der Waals surface area contributed by atoms with Crippen LogP contribution in [0.3, 0.4) is 0 Å². The lowest BCUT2D eigenvalue weighted by atomic mass is 9.94. The fourth-order valence-corrected chi connectivity index (χ4v) is 3.66. The molecule has 3 aromatic rings. The highest BCUT2D eigenvalue weighted by atomic mass is 19.1. The SMILES string of the molecule is Cc1noc(-c2cn[nH]c2C2CCCCN2C(=O)c2cccc(F)c2)c1C. The van der Waals surface area contributed by atoms with Crippen LogP contribution in [-0.4, -0.2) is 32.7 Å². The molecule has 2 aromatic heterocycles. The lowest BCUT2D eigenvalue weighted by molar-refractivity contribution is 0.0606. The molecule has 1 aromatic carbocycles. The van der Waals surface area contributed by atoms with E-state index in [2.05, 4.69) is 15.4 Å². The number of nitrogens with one attached hydrogen (secondary N) is 1. The molecule has 1 amide bonds. The molecule has 0 bridgehead atoms. The van der Waals surface area contributed by atoms with Gasteiger partial charge in [0.15, 0.2) is 5.76 Å². The van der Waals surface area contributed by atoms with Crippen molar-refractivity contribution < 1.29 is 13.7 Å². The van der Waals surface area contributed by atoms with Gasteiger partial charge in [-0.3, -0.25) is 9.89 Å². The van der Waals surface area contributed by atoms with Crippen molar-refractivity contribution in [3.8, 4) is 11.3 Å². The zero-order chi connectivity index (χ0) is 19.0. The summed E-state index contributed by atoms with van der Waals surface area (Å²) in [7, 11) is 0. The van der Waals surface area contributed by atoms with Gasteiger partial charge in [0.05, 0.1) is 29.2 Å². The summed E-state index contributed by atoms with van der Waals surface area (Å²) in [4.78, 5) is 14.9. The van der Waals surface area contributed by atoms with E-state index in [0.717, 1.165) is 41.8 Å². The summed E-state index contributed by atoms with van der Waals surface area (Å²) in [5, 5.41) is 11.3. The lowest BCUT2D eigenvalue weighted by Crippen LogP contribution is -2.39. The average molecular weight is 368 g/mol. The summed E-state index contributed by atoms with van der Waals surface area (Å²) >= 11 is 0. The highest BCUT2D eigenvalue weighted by molar-refractivity contribution is 5.94. The van der Waals surface area contributed by atoms with Crippen LogP contribution in [0.25, 0.3) is 11.3 Å². The molecule has 0 radical (unpaired) electrons. The number of amides is 1. The second kappa shape index (κ2) is 6.98. The van der Waals surface area contributed by atoms with Gasteiger partial charge in [-0.2, -0.15) is 5.10 Å². The van der Waals surface area contributed by atoms with Crippen molar-refractivity contribution in [1.82, 2.24) is 20.3 Å². The lowest BCUT2D eigenvalue weighted by Gasteiger charge is -2.35. The number of rotatable bonds is 3. The molecule has 1 unspecified atom stereocenters. The zero-order valence-corrected chi connectivity index (χ0v) is 15.3. The van der Waals surface area contributed by atoms with Gasteiger partial charge >= 0.3 is 0 Å². The van der Waals surface area contributed by atoms with Crippen LogP contribution in [-0.2, 0) is 0 Å². The minimum absolute atomic E-state index is 0.170. The second-order valence-electron chi connectivity index (χ2n) is 6.94. The number of aryl methyl sites for hydroxylation is 1. The molecule has 140 valence electrons. The van der Waals surface area contributed by atoms with Crippen molar-refractivity contribution in [3.63, 3.8) is 0 Å². The molecule has 0 aliphatic carbocycles. The minimum Gasteiger partial charge on any atom is -0.356 e. The van der Waals surface area contributed by atoms with Gasteiger partial charge in [0.1, 0.15) is 5.82 Å². The number of hydrogen-bond donors (Lipinski definition) is 1. The molecule has 4 rings (SSSR count). The zero-order valence-electron chi connectivity index (χ0n) is 15.3. The Labute approximate surface area is 156 Å². The molecule has 3 heterocycles. The molecule has 1 fully saturated rings. The molecule has 1 aliphatic rings. The van der Waals surface area contributed by atoms with Crippen molar-refractivity contribution in [2.75, 3.05) is 6.54 Å².